The Labute approximate surface area is 173 Å². The minimum absolute atomic E-state index is 0.134. The molecule has 29 heavy (non-hydrogen) atoms. The smallest absolute Gasteiger partial charge is 0.250 e. The van der Waals surface area contributed by atoms with Gasteiger partial charge in [-0.15, -0.1) is 0 Å². The molecule has 1 fully saturated rings. The molecule has 11 heteroatoms. The Hall–Kier alpha value is -2.95. The number of amides is 1. The Balaban J connectivity index is 1.66. The van der Waals surface area contributed by atoms with E-state index < -0.39 is 0 Å². The molecular formula is C18H24N8O2S. The molecule has 0 spiro atoms. The summed E-state index contributed by atoms with van der Waals surface area (Å²) in [6, 6.07) is 1.88. The van der Waals surface area contributed by atoms with Gasteiger partial charge < -0.3 is 15.4 Å². The van der Waals surface area contributed by atoms with Crippen LogP contribution in [0.4, 0.5) is 11.8 Å². The molecule has 154 valence electrons. The molecule has 1 aliphatic rings. The Morgan fingerprint density at radius 2 is 1.97 bits per heavy atom. The fraction of sp³-hybridized carbons (Fsp3) is 0.444. The van der Waals surface area contributed by atoms with Crippen LogP contribution >= 0.6 is 11.8 Å². The number of nitrogens with two attached hydrogens (primary N) is 1. The quantitative estimate of drug-likeness (QED) is 0.297. The predicted molar refractivity (Wildman–Crippen MR) is 112 cm³/mol. The minimum Gasteiger partial charge on any atom is -0.480 e. The lowest BCUT2D eigenvalue weighted by Crippen LogP contribution is -2.23. The van der Waals surface area contributed by atoms with Crippen molar-refractivity contribution in [1.29, 1.82) is 0 Å². The zero-order chi connectivity index (χ0) is 20.8. The van der Waals surface area contributed by atoms with Gasteiger partial charge in [0.2, 0.25) is 11.8 Å². The predicted octanol–water partition coefficient (Wildman–Crippen LogP) is 1.32. The minimum atomic E-state index is -0.271. The zero-order valence-corrected chi connectivity index (χ0v) is 17.5. The number of ether oxygens (including phenoxy) is 1. The number of hydrogen-bond acceptors (Lipinski definition) is 10. The molecule has 0 atom stereocenters. The van der Waals surface area contributed by atoms with Gasteiger partial charge in [0.15, 0.2) is 5.16 Å². The summed E-state index contributed by atoms with van der Waals surface area (Å²) in [7, 11) is 1.51. The van der Waals surface area contributed by atoms with Crippen molar-refractivity contribution in [2.24, 2.45) is 5.10 Å². The third-order valence-corrected chi connectivity index (χ3v) is 5.03. The molecule has 0 saturated carbocycles. The number of nitrogens with zero attached hydrogens (tertiary/aromatic N) is 6. The highest BCUT2D eigenvalue weighted by molar-refractivity contribution is 7.99. The van der Waals surface area contributed by atoms with Gasteiger partial charge >= 0.3 is 0 Å². The van der Waals surface area contributed by atoms with Crippen LogP contribution in [0.3, 0.4) is 0 Å². The average Bonchev–Trinajstić information content (AvgIpc) is 3.21. The Kier molecular flexibility index (Phi) is 6.81. The first-order valence-electron chi connectivity index (χ1n) is 9.19. The molecule has 2 aromatic heterocycles. The van der Waals surface area contributed by atoms with Gasteiger partial charge in [-0.25, -0.2) is 15.4 Å². The SMILES string of the molecule is COc1nc(N)nc(N2CCCC2)c1/C=N/NC(=O)CSc1nc(C)cc(C)n1. The van der Waals surface area contributed by atoms with Gasteiger partial charge in [-0.1, -0.05) is 11.8 Å². The maximum absolute atomic E-state index is 12.1. The number of thioether (sulfide) groups is 1. The first-order chi connectivity index (χ1) is 14.0. The van der Waals surface area contributed by atoms with Crippen LogP contribution < -0.4 is 20.8 Å². The summed E-state index contributed by atoms with van der Waals surface area (Å²) in [5.41, 5.74) is 10.6. The lowest BCUT2D eigenvalue weighted by molar-refractivity contribution is -0.118. The molecule has 10 nitrogen and oxygen atoms in total. The monoisotopic (exact) mass is 416 g/mol. The molecule has 0 aromatic carbocycles. The number of hydrogen-bond donors (Lipinski definition) is 2. The van der Waals surface area contributed by atoms with Crippen LogP contribution in [0, 0.1) is 13.8 Å². The maximum Gasteiger partial charge on any atom is 0.250 e. The summed E-state index contributed by atoms with van der Waals surface area (Å²) in [4.78, 5) is 31.3. The number of rotatable bonds is 7. The van der Waals surface area contributed by atoms with Crippen molar-refractivity contribution in [3.8, 4) is 5.88 Å². The van der Waals surface area contributed by atoms with Gasteiger partial charge in [0.1, 0.15) is 5.82 Å². The van der Waals surface area contributed by atoms with E-state index in [4.69, 9.17) is 10.5 Å². The number of methoxy groups -OCH3 is 1. The molecule has 1 aliphatic heterocycles. The van der Waals surface area contributed by atoms with Crippen molar-refractivity contribution >= 4 is 35.6 Å². The highest BCUT2D eigenvalue weighted by atomic mass is 32.2. The average molecular weight is 417 g/mol. The van der Waals surface area contributed by atoms with Crippen LogP contribution in [0.2, 0.25) is 0 Å². The summed E-state index contributed by atoms with van der Waals surface area (Å²) in [5.74, 6) is 0.981. The maximum atomic E-state index is 12.1. The van der Waals surface area contributed by atoms with Gasteiger partial charge in [0.25, 0.3) is 5.91 Å². The van der Waals surface area contributed by atoms with E-state index >= 15 is 0 Å². The van der Waals surface area contributed by atoms with Gasteiger partial charge in [-0.2, -0.15) is 15.1 Å². The van der Waals surface area contributed by atoms with Crippen LogP contribution in [0.5, 0.6) is 5.88 Å². The van der Waals surface area contributed by atoms with Crippen molar-refractivity contribution in [2.45, 2.75) is 31.8 Å². The molecule has 1 saturated heterocycles. The topological polar surface area (TPSA) is 132 Å². The van der Waals surface area contributed by atoms with Crippen molar-refractivity contribution < 1.29 is 9.53 Å². The zero-order valence-electron chi connectivity index (χ0n) is 16.7. The van der Waals surface area contributed by atoms with E-state index in [0.717, 1.165) is 37.3 Å². The highest BCUT2D eigenvalue weighted by Crippen LogP contribution is 2.27. The van der Waals surface area contributed by atoms with E-state index in [-0.39, 0.29) is 17.6 Å². The van der Waals surface area contributed by atoms with Crippen molar-refractivity contribution in [1.82, 2.24) is 25.4 Å². The summed E-state index contributed by atoms with van der Waals surface area (Å²) in [6.45, 7) is 5.53. The number of carbonyl (C=O) groups excluding carboxylic acids is 1. The molecule has 3 rings (SSSR count). The second-order valence-electron chi connectivity index (χ2n) is 6.54. The fourth-order valence-electron chi connectivity index (χ4n) is 2.98. The highest BCUT2D eigenvalue weighted by Gasteiger charge is 2.21. The molecule has 1 amide bonds. The van der Waals surface area contributed by atoms with E-state index in [1.165, 1.54) is 25.1 Å². The lowest BCUT2D eigenvalue weighted by Gasteiger charge is -2.19. The van der Waals surface area contributed by atoms with Crippen LogP contribution in [-0.4, -0.2) is 58.0 Å². The fourth-order valence-corrected chi connectivity index (χ4v) is 3.72. The van der Waals surface area contributed by atoms with E-state index in [1.54, 1.807) is 0 Å². The van der Waals surface area contributed by atoms with Crippen molar-refractivity contribution in [3.05, 3.63) is 23.0 Å². The molecule has 0 radical (unpaired) electrons. The van der Waals surface area contributed by atoms with Crippen LogP contribution in [0.1, 0.15) is 29.8 Å². The van der Waals surface area contributed by atoms with Gasteiger partial charge in [-0.05, 0) is 32.8 Å². The van der Waals surface area contributed by atoms with Crippen LogP contribution in [0.15, 0.2) is 16.3 Å². The largest absolute Gasteiger partial charge is 0.480 e. The first kappa shape index (κ1) is 20.8. The van der Waals surface area contributed by atoms with Gasteiger partial charge in [0.05, 0.1) is 24.6 Å². The summed E-state index contributed by atoms with van der Waals surface area (Å²) in [5, 5.41) is 4.61. The van der Waals surface area contributed by atoms with Gasteiger partial charge in [-0.3, -0.25) is 4.79 Å². The number of anilines is 2. The third kappa shape index (κ3) is 5.53. The Morgan fingerprint density at radius 3 is 2.62 bits per heavy atom. The van der Waals surface area contributed by atoms with E-state index in [9.17, 15) is 4.79 Å². The Morgan fingerprint density at radius 1 is 1.28 bits per heavy atom. The van der Waals surface area contributed by atoms with Crippen LogP contribution in [0.25, 0.3) is 0 Å². The van der Waals surface area contributed by atoms with Gasteiger partial charge in [0, 0.05) is 24.5 Å². The van der Waals surface area contributed by atoms with E-state index in [2.05, 4.69) is 35.4 Å². The molecule has 0 unspecified atom stereocenters. The number of carbonyl (C=O) groups is 1. The van der Waals surface area contributed by atoms with Crippen molar-refractivity contribution in [2.75, 3.05) is 36.6 Å². The summed E-state index contributed by atoms with van der Waals surface area (Å²) in [6.07, 6.45) is 3.65. The third-order valence-electron chi connectivity index (χ3n) is 4.18. The number of aryl methyl sites for hydroxylation is 2. The number of nitrogen functional groups attached to an aromatic ring is 1. The second-order valence-corrected chi connectivity index (χ2v) is 7.48. The summed E-state index contributed by atoms with van der Waals surface area (Å²) < 4.78 is 5.33. The molecule has 0 bridgehead atoms. The molecule has 3 heterocycles. The molecule has 3 N–H and O–H groups in total. The molecule has 2 aromatic rings. The Bertz CT molecular complexity index is 895. The molecular weight excluding hydrogens is 392 g/mol. The normalized spacial score (nSPS) is 13.8. The number of aromatic nitrogens is 4. The first-order valence-corrected chi connectivity index (χ1v) is 10.2. The second kappa shape index (κ2) is 9.50. The standard InChI is InChI=1S/C18H24N8O2S/c1-11-8-12(2)22-18(21-11)29-10-14(27)25-20-9-13-15(26-6-4-5-7-26)23-17(19)24-16(13)28-3/h8-9H,4-7,10H2,1-3H3,(H,25,27)(H2,19,23,24)/b20-9+. The van der Waals surface area contributed by atoms with Crippen LogP contribution in [-0.2, 0) is 4.79 Å². The van der Waals surface area contributed by atoms with Crippen molar-refractivity contribution in [3.63, 3.8) is 0 Å². The van der Waals surface area contributed by atoms with E-state index in [0.29, 0.717) is 22.4 Å². The molecule has 0 aliphatic carbocycles. The number of nitrogens with one attached hydrogen (secondary N) is 1. The lowest BCUT2D eigenvalue weighted by atomic mass is 10.3. The van der Waals surface area contributed by atoms with E-state index in [1.807, 2.05) is 19.9 Å². The summed E-state index contributed by atoms with van der Waals surface area (Å²) >= 11 is 1.25. The number of hydrazone groups is 1.